The van der Waals surface area contributed by atoms with E-state index in [1.54, 1.807) is 36.4 Å². The van der Waals surface area contributed by atoms with E-state index in [1.165, 1.54) is 0 Å². The van der Waals surface area contributed by atoms with Crippen molar-refractivity contribution >= 4 is 15.7 Å². The van der Waals surface area contributed by atoms with E-state index < -0.39 is 16.1 Å². The van der Waals surface area contributed by atoms with Crippen LogP contribution in [0.25, 0.3) is 0 Å². The number of ether oxygens (including phenoxy) is 1. The second kappa shape index (κ2) is 9.47. The first-order valence-corrected chi connectivity index (χ1v) is 11.8. The van der Waals surface area contributed by atoms with Gasteiger partial charge in [-0.25, -0.2) is 8.42 Å². The van der Waals surface area contributed by atoms with Gasteiger partial charge in [0.2, 0.25) is 0 Å². The molecule has 2 aromatic rings. The molecule has 164 valence electrons. The molecule has 7 heteroatoms. The van der Waals surface area contributed by atoms with Gasteiger partial charge in [-0.2, -0.15) is 0 Å². The fourth-order valence-corrected chi connectivity index (χ4v) is 4.48. The number of rotatable bonds is 7. The number of hydrogen-bond donors (Lipinski definition) is 2. The highest BCUT2D eigenvalue weighted by Crippen LogP contribution is 2.25. The number of nitrogens with zero attached hydrogens (tertiary/aromatic N) is 1. The predicted octanol–water partition coefficient (Wildman–Crippen LogP) is 3.54. The van der Waals surface area contributed by atoms with Crippen molar-refractivity contribution in [2.24, 2.45) is 0 Å². The van der Waals surface area contributed by atoms with E-state index in [1.807, 2.05) is 12.1 Å². The number of nitrogens with one attached hydrogen (secondary N) is 1. The van der Waals surface area contributed by atoms with Crippen LogP contribution in [0.1, 0.15) is 44.4 Å². The van der Waals surface area contributed by atoms with Crippen LogP contribution in [0.3, 0.4) is 0 Å². The van der Waals surface area contributed by atoms with Gasteiger partial charge in [0.1, 0.15) is 0 Å². The van der Waals surface area contributed by atoms with Crippen molar-refractivity contribution in [1.29, 1.82) is 0 Å². The van der Waals surface area contributed by atoms with E-state index in [-0.39, 0.29) is 10.3 Å². The fraction of sp³-hybridized carbons (Fsp3) is 0.478. The molecule has 30 heavy (non-hydrogen) atoms. The van der Waals surface area contributed by atoms with Gasteiger partial charge in [-0.3, -0.25) is 9.62 Å². The molecule has 0 spiro atoms. The third kappa shape index (κ3) is 6.04. The van der Waals surface area contributed by atoms with Crippen LogP contribution in [-0.4, -0.2) is 51.3 Å². The Hall–Kier alpha value is -1.93. The number of anilines is 1. The van der Waals surface area contributed by atoms with Crippen LogP contribution in [0.2, 0.25) is 0 Å². The van der Waals surface area contributed by atoms with Crippen LogP contribution in [0.15, 0.2) is 53.4 Å². The molecule has 0 radical (unpaired) electrons. The molecule has 0 amide bonds. The van der Waals surface area contributed by atoms with Crippen LogP contribution >= 0.6 is 0 Å². The number of aliphatic hydroxyl groups is 1. The van der Waals surface area contributed by atoms with E-state index in [4.69, 9.17) is 4.74 Å². The van der Waals surface area contributed by atoms with Crippen LogP contribution in [0, 0.1) is 0 Å². The Bertz CT molecular complexity index is 913. The lowest BCUT2D eigenvalue weighted by Crippen LogP contribution is -2.37. The van der Waals surface area contributed by atoms with E-state index >= 15 is 0 Å². The Labute approximate surface area is 179 Å². The Morgan fingerprint density at radius 3 is 2.20 bits per heavy atom. The number of hydrogen-bond acceptors (Lipinski definition) is 5. The van der Waals surface area contributed by atoms with Gasteiger partial charge in [-0.1, -0.05) is 45.0 Å². The van der Waals surface area contributed by atoms with Gasteiger partial charge in [0, 0.05) is 25.3 Å². The molecule has 1 heterocycles. The maximum Gasteiger partial charge on any atom is 0.261 e. The number of morpholine rings is 1. The summed E-state index contributed by atoms with van der Waals surface area (Å²) in [6, 6.07) is 13.9. The summed E-state index contributed by atoms with van der Waals surface area (Å²) in [5.74, 6) is 0. The quantitative estimate of drug-likeness (QED) is 0.700. The minimum Gasteiger partial charge on any atom is -0.388 e. The maximum atomic E-state index is 12.7. The fourth-order valence-electron chi connectivity index (χ4n) is 3.42. The molecule has 1 atom stereocenters. The average Bonchev–Trinajstić information content (AvgIpc) is 2.72. The highest BCUT2D eigenvalue weighted by atomic mass is 32.2. The molecule has 6 nitrogen and oxygen atoms in total. The summed E-state index contributed by atoms with van der Waals surface area (Å²) < 4.78 is 33.3. The molecule has 2 aromatic carbocycles. The molecule has 0 bridgehead atoms. The molecule has 2 N–H and O–H groups in total. The molecule has 1 aliphatic heterocycles. The maximum absolute atomic E-state index is 12.7. The third-order valence-electron chi connectivity index (χ3n) is 5.40. The van der Waals surface area contributed by atoms with Crippen molar-refractivity contribution in [3.63, 3.8) is 0 Å². The number of aliphatic hydroxyl groups excluding tert-OH is 1. The first-order chi connectivity index (χ1) is 14.1. The summed E-state index contributed by atoms with van der Waals surface area (Å²) in [4.78, 5) is 2.50. The molecule has 0 aliphatic carbocycles. The van der Waals surface area contributed by atoms with E-state index in [0.717, 1.165) is 44.0 Å². The molecule has 1 unspecified atom stereocenters. The van der Waals surface area contributed by atoms with E-state index in [9.17, 15) is 13.5 Å². The van der Waals surface area contributed by atoms with Gasteiger partial charge < -0.3 is 9.84 Å². The Balaban J connectivity index is 1.60. The van der Waals surface area contributed by atoms with Crippen molar-refractivity contribution in [2.45, 2.75) is 43.6 Å². The third-order valence-corrected chi connectivity index (χ3v) is 6.80. The lowest BCUT2D eigenvalue weighted by atomic mass is 9.87. The minimum absolute atomic E-state index is 0.0336. The van der Waals surface area contributed by atoms with Gasteiger partial charge >= 0.3 is 0 Å². The highest BCUT2D eigenvalue weighted by molar-refractivity contribution is 7.92. The zero-order valence-corrected chi connectivity index (χ0v) is 18.8. The van der Waals surface area contributed by atoms with Gasteiger partial charge in [-0.05, 0) is 47.2 Å². The van der Waals surface area contributed by atoms with Crippen molar-refractivity contribution < 1.29 is 18.3 Å². The van der Waals surface area contributed by atoms with Gasteiger partial charge in [0.05, 0.1) is 24.2 Å². The van der Waals surface area contributed by atoms with Gasteiger partial charge in [0.25, 0.3) is 10.0 Å². The monoisotopic (exact) mass is 432 g/mol. The van der Waals surface area contributed by atoms with Gasteiger partial charge in [0.15, 0.2) is 0 Å². The van der Waals surface area contributed by atoms with Crippen molar-refractivity contribution in [2.75, 3.05) is 37.6 Å². The molecular weight excluding hydrogens is 400 g/mol. The zero-order chi connectivity index (χ0) is 21.8. The molecular formula is C23H32N2O4S. The summed E-state index contributed by atoms with van der Waals surface area (Å²) in [6.07, 6.45) is 0.0500. The van der Waals surface area contributed by atoms with E-state index in [0.29, 0.717) is 12.1 Å². The SMILES string of the molecule is CC(C)(C)c1ccc(S(=O)(=O)Nc2ccc(C(O)CCN3CCOCC3)cc2)cc1. The Morgan fingerprint density at radius 1 is 1.03 bits per heavy atom. The lowest BCUT2D eigenvalue weighted by Gasteiger charge is -2.27. The van der Waals surface area contributed by atoms with E-state index in [2.05, 4.69) is 30.4 Å². The number of sulfonamides is 1. The standard InChI is InChI=1S/C23H32N2O4S/c1-23(2,3)19-6-10-21(11-7-19)30(27,28)24-20-8-4-18(5-9-20)22(26)12-13-25-14-16-29-17-15-25/h4-11,22,24,26H,12-17H2,1-3H3. The topological polar surface area (TPSA) is 78.9 Å². The van der Waals surface area contributed by atoms with Crippen molar-refractivity contribution in [1.82, 2.24) is 4.90 Å². The molecule has 1 aliphatic rings. The normalized spacial score (nSPS) is 16.9. The smallest absolute Gasteiger partial charge is 0.261 e. The second-order valence-corrected chi connectivity index (χ2v) is 10.4. The minimum atomic E-state index is -3.66. The highest BCUT2D eigenvalue weighted by Gasteiger charge is 2.18. The summed E-state index contributed by atoms with van der Waals surface area (Å²) in [5, 5.41) is 10.4. The average molecular weight is 433 g/mol. The van der Waals surface area contributed by atoms with Crippen LogP contribution in [0.4, 0.5) is 5.69 Å². The van der Waals surface area contributed by atoms with Crippen LogP contribution in [-0.2, 0) is 20.2 Å². The predicted molar refractivity (Wildman–Crippen MR) is 119 cm³/mol. The van der Waals surface area contributed by atoms with Gasteiger partial charge in [-0.15, -0.1) is 0 Å². The van der Waals surface area contributed by atoms with Crippen LogP contribution in [0.5, 0.6) is 0 Å². The van der Waals surface area contributed by atoms with Crippen molar-refractivity contribution in [3.05, 3.63) is 59.7 Å². The summed E-state index contributed by atoms with van der Waals surface area (Å²) in [7, 11) is -3.66. The zero-order valence-electron chi connectivity index (χ0n) is 18.0. The summed E-state index contributed by atoms with van der Waals surface area (Å²) in [6.45, 7) is 10.3. The molecule has 0 saturated carbocycles. The molecule has 0 aromatic heterocycles. The largest absolute Gasteiger partial charge is 0.388 e. The summed E-state index contributed by atoms with van der Waals surface area (Å²) in [5.41, 5.74) is 2.30. The molecule has 3 rings (SSSR count). The Morgan fingerprint density at radius 2 is 1.63 bits per heavy atom. The Kier molecular flexibility index (Phi) is 7.18. The number of benzene rings is 2. The first-order valence-electron chi connectivity index (χ1n) is 10.4. The summed E-state index contributed by atoms with van der Waals surface area (Å²) >= 11 is 0. The van der Waals surface area contributed by atoms with Crippen molar-refractivity contribution in [3.8, 4) is 0 Å². The second-order valence-electron chi connectivity index (χ2n) is 8.76. The lowest BCUT2D eigenvalue weighted by molar-refractivity contribution is 0.0300. The molecule has 1 saturated heterocycles. The molecule has 1 fully saturated rings. The van der Waals surface area contributed by atoms with Crippen LogP contribution < -0.4 is 4.72 Å². The first kappa shape index (κ1) is 22.7.